The molecule has 1 aromatic carbocycles. The molecule has 0 fully saturated rings. The molecule has 0 spiro atoms. The van der Waals surface area contributed by atoms with Gasteiger partial charge in [-0.3, -0.25) is 4.79 Å². The molecule has 0 aliphatic heterocycles. The summed E-state index contributed by atoms with van der Waals surface area (Å²) in [7, 11) is 0. The fourth-order valence-corrected chi connectivity index (χ4v) is 2.31. The summed E-state index contributed by atoms with van der Waals surface area (Å²) in [6.07, 6.45) is 0. The molecule has 0 aliphatic carbocycles. The molecule has 0 unspecified atom stereocenters. The smallest absolute Gasteiger partial charge is 0.339 e. The summed E-state index contributed by atoms with van der Waals surface area (Å²) in [5, 5.41) is 11.9. The minimum atomic E-state index is -1.22. The lowest BCUT2D eigenvalue weighted by Gasteiger charge is -2.10. The number of carboxylic acids is 1. The van der Waals surface area contributed by atoms with Gasteiger partial charge in [0.2, 0.25) is 0 Å². The number of hydrogen-bond acceptors (Lipinski definition) is 3. The largest absolute Gasteiger partial charge is 0.478 e. The first-order chi connectivity index (χ1) is 9.88. The molecule has 2 rings (SSSR count). The van der Waals surface area contributed by atoms with Crippen molar-refractivity contribution in [1.29, 1.82) is 0 Å². The Hall–Kier alpha value is -2.11. The predicted octanol–water partition coefficient (Wildman–Crippen LogP) is 3.65. The Labute approximate surface area is 130 Å². The average molecular weight is 325 g/mol. The fraction of sp³-hybridized carbons (Fsp3) is 0.0714. The number of aryl methyl sites for hydroxylation is 1. The lowest BCUT2D eigenvalue weighted by molar-refractivity contribution is 0.0698. The van der Waals surface area contributed by atoms with Gasteiger partial charge in [-0.15, -0.1) is 0 Å². The Kier molecular flexibility index (Phi) is 4.45. The van der Waals surface area contributed by atoms with Crippen molar-refractivity contribution >= 4 is 40.8 Å². The number of carbonyl (C=O) groups is 2. The number of carboxylic acid groups (broad SMARTS) is 1. The molecule has 1 aromatic heterocycles. The first-order valence-corrected chi connectivity index (χ1v) is 6.61. The summed E-state index contributed by atoms with van der Waals surface area (Å²) in [6.45, 7) is 1.70. The van der Waals surface area contributed by atoms with E-state index in [2.05, 4.69) is 10.3 Å². The highest BCUT2D eigenvalue weighted by molar-refractivity contribution is 6.34. The molecule has 21 heavy (non-hydrogen) atoms. The first kappa shape index (κ1) is 15.3. The van der Waals surface area contributed by atoms with Gasteiger partial charge in [0.15, 0.2) is 0 Å². The van der Waals surface area contributed by atoms with E-state index in [1.165, 1.54) is 18.2 Å². The number of halogens is 2. The molecular formula is C14H10Cl2N2O3. The zero-order valence-corrected chi connectivity index (χ0v) is 12.4. The Bertz CT molecular complexity index is 712. The SMILES string of the molecule is Cc1cc(C(=O)Nc2cccc(Cl)c2C(=O)O)cc(Cl)n1. The molecule has 5 nitrogen and oxygen atoms in total. The molecule has 2 aromatic rings. The molecule has 0 saturated carbocycles. The third-order valence-corrected chi connectivity index (χ3v) is 3.17. The molecular weight excluding hydrogens is 315 g/mol. The van der Waals surface area contributed by atoms with Crippen molar-refractivity contribution in [1.82, 2.24) is 4.98 Å². The Balaban J connectivity index is 2.36. The summed E-state index contributed by atoms with van der Waals surface area (Å²) in [5.41, 5.74) is 0.816. The number of nitrogens with one attached hydrogen (secondary N) is 1. The van der Waals surface area contributed by atoms with Gasteiger partial charge in [0.25, 0.3) is 5.91 Å². The number of rotatable bonds is 3. The van der Waals surface area contributed by atoms with Gasteiger partial charge >= 0.3 is 5.97 Å². The van der Waals surface area contributed by atoms with Crippen LogP contribution in [-0.2, 0) is 0 Å². The highest BCUT2D eigenvalue weighted by atomic mass is 35.5. The maximum absolute atomic E-state index is 12.2. The van der Waals surface area contributed by atoms with Gasteiger partial charge in [-0.25, -0.2) is 9.78 Å². The third-order valence-electron chi connectivity index (χ3n) is 2.66. The van der Waals surface area contributed by atoms with Gasteiger partial charge < -0.3 is 10.4 Å². The van der Waals surface area contributed by atoms with Crippen molar-refractivity contribution in [2.75, 3.05) is 5.32 Å². The zero-order valence-electron chi connectivity index (χ0n) is 10.9. The van der Waals surface area contributed by atoms with Crippen molar-refractivity contribution < 1.29 is 14.7 Å². The molecule has 2 N–H and O–H groups in total. The molecule has 108 valence electrons. The van der Waals surface area contributed by atoms with Crippen LogP contribution in [0.3, 0.4) is 0 Å². The molecule has 1 heterocycles. The lowest BCUT2D eigenvalue weighted by atomic mass is 10.1. The van der Waals surface area contributed by atoms with Gasteiger partial charge in [-0.1, -0.05) is 29.3 Å². The van der Waals surface area contributed by atoms with Crippen molar-refractivity contribution in [3.05, 3.63) is 57.3 Å². The average Bonchev–Trinajstić information content (AvgIpc) is 2.37. The number of carbonyl (C=O) groups excluding carboxylic acids is 1. The van der Waals surface area contributed by atoms with Crippen LogP contribution in [0, 0.1) is 6.92 Å². The Morgan fingerprint density at radius 1 is 1.24 bits per heavy atom. The maximum Gasteiger partial charge on any atom is 0.339 e. The van der Waals surface area contributed by atoms with Gasteiger partial charge in [0.1, 0.15) is 10.7 Å². The van der Waals surface area contributed by atoms with E-state index in [0.29, 0.717) is 5.69 Å². The lowest BCUT2D eigenvalue weighted by Crippen LogP contribution is -2.15. The van der Waals surface area contributed by atoms with Crippen LogP contribution in [0.15, 0.2) is 30.3 Å². The van der Waals surface area contributed by atoms with E-state index in [9.17, 15) is 9.59 Å². The number of nitrogens with zero attached hydrogens (tertiary/aromatic N) is 1. The number of hydrogen-bond donors (Lipinski definition) is 2. The van der Waals surface area contributed by atoms with Crippen molar-refractivity contribution in [3.63, 3.8) is 0 Å². The van der Waals surface area contributed by atoms with E-state index in [1.807, 2.05) is 0 Å². The topological polar surface area (TPSA) is 79.3 Å². The summed E-state index contributed by atoms with van der Waals surface area (Å²) >= 11 is 11.6. The molecule has 0 aliphatic rings. The normalized spacial score (nSPS) is 10.2. The van der Waals surface area contributed by atoms with E-state index >= 15 is 0 Å². The number of aromatic nitrogens is 1. The predicted molar refractivity (Wildman–Crippen MR) is 80.3 cm³/mol. The van der Waals surface area contributed by atoms with Crippen LogP contribution in [0.25, 0.3) is 0 Å². The van der Waals surface area contributed by atoms with Gasteiger partial charge in [0.05, 0.1) is 10.7 Å². The van der Waals surface area contributed by atoms with Crippen LogP contribution in [-0.4, -0.2) is 22.0 Å². The number of benzene rings is 1. The van der Waals surface area contributed by atoms with E-state index in [-0.39, 0.29) is 27.0 Å². The second-order valence-corrected chi connectivity index (χ2v) is 5.04. The standard InChI is InChI=1S/C14H10Cl2N2O3/c1-7-5-8(6-11(16)17-7)13(19)18-10-4-2-3-9(15)12(10)14(20)21/h2-6H,1H3,(H,18,19)(H,20,21). The summed E-state index contributed by atoms with van der Waals surface area (Å²) in [5.74, 6) is -1.72. The second-order valence-electron chi connectivity index (χ2n) is 4.24. The highest BCUT2D eigenvalue weighted by Crippen LogP contribution is 2.25. The van der Waals surface area contributed by atoms with Gasteiger partial charge in [-0.05, 0) is 31.2 Å². The minimum absolute atomic E-state index is 0.0456. The minimum Gasteiger partial charge on any atom is -0.478 e. The number of pyridine rings is 1. The van der Waals surface area contributed by atoms with Crippen molar-refractivity contribution in [2.45, 2.75) is 6.92 Å². The highest BCUT2D eigenvalue weighted by Gasteiger charge is 2.17. The fourth-order valence-electron chi connectivity index (χ4n) is 1.80. The van der Waals surface area contributed by atoms with Crippen LogP contribution in [0.5, 0.6) is 0 Å². The van der Waals surface area contributed by atoms with Crippen LogP contribution in [0.2, 0.25) is 10.2 Å². The molecule has 0 atom stereocenters. The van der Waals surface area contributed by atoms with E-state index < -0.39 is 11.9 Å². The van der Waals surface area contributed by atoms with E-state index in [1.54, 1.807) is 19.1 Å². The molecule has 0 bridgehead atoms. The second kappa shape index (κ2) is 6.11. The summed E-state index contributed by atoms with van der Waals surface area (Å²) < 4.78 is 0. The maximum atomic E-state index is 12.2. The molecule has 0 radical (unpaired) electrons. The van der Waals surface area contributed by atoms with E-state index in [4.69, 9.17) is 28.3 Å². The summed E-state index contributed by atoms with van der Waals surface area (Å²) in [6, 6.07) is 7.40. The Morgan fingerprint density at radius 2 is 1.95 bits per heavy atom. The zero-order chi connectivity index (χ0) is 15.6. The molecule has 0 saturated heterocycles. The number of anilines is 1. The van der Waals surface area contributed by atoms with Gasteiger partial charge in [-0.2, -0.15) is 0 Å². The van der Waals surface area contributed by atoms with Crippen LogP contribution in [0.1, 0.15) is 26.4 Å². The quantitative estimate of drug-likeness (QED) is 0.844. The van der Waals surface area contributed by atoms with Crippen molar-refractivity contribution in [3.8, 4) is 0 Å². The molecule has 7 heteroatoms. The van der Waals surface area contributed by atoms with Crippen LogP contribution < -0.4 is 5.32 Å². The molecule has 1 amide bonds. The van der Waals surface area contributed by atoms with Crippen LogP contribution in [0.4, 0.5) is 5.69 Å². The number of amides is 1. The van der Waals surface area contributed by atoms with Crippen LogP contribution >= 0.6 is 23.2 Å². The monoisotopic (exact) mass is 324 g/mol. The van der Waals surface area contributed by atoms with Crippen molar-refractivity contribution in [2.24, 2.45) is 0 Å². The first-order valence-electron chi connectivity index (χ1n) is 5.86. The van der Waals surface area contributed by atoms with E-state index in [0.717, 1.165) is 0 Å². The summed E-state index contributed by atoms with van der Waals surface area (Å²) in [4.78, 5) is 27.3. The third kappa shape index (κ3) is 3.51. The Morgan fingerprint density at radius 3 is 2.57 bits per heavy atom. The number of aromatic carboxylic acids is 1. The van der Waals surface area contributed by atoms with Gasteiger partial charge in [0, 0.05) is 11.3 Å².